The maximum absolute atomic E-state index is 10.9. The molecule has 3 rings (SSSR count). The predicted molar refractivity (Wildman–Crippen MR) is 119 cm³/mol. The Morgan fingerprint density at radius 1 is 1.22 bits per heavy atom. The van der Waals surface area contributed by atoms with Crippen molar-refractivity contribution in [2.24, 2.45) is 4.99 Å². The number of rotatable bonds is 4. The lowest BCUT2D eigenvalue weighted by Crippen LogP contribution is -2.43. The summed E-state index contributed by atoms with van der Waals surface area (Å²) in [5.41, 5.74) is 3.59. The third-order valence-electron chi connectivity index (χ3n) is 4.44. The second kappa shape index (κ2) is 10.1. The van der Waals surface area contributed by atoms with E-state index in [-0.39, 0.29) is 34.6 Å². The van der Waals surface area contributed by atoms with Gasteiger partial charge in [-0.2, -0.15) is 0 Å². The summed E-state index contributed by atoms with van der Waals surface area (Å²) in [7, 11) is 1.76. The van der Waals surface area contributed by atoms with Crippen LogP contribution in [0.4, 0.5) is 5.69 Å². The molecule has 0 saturated carbocycles. The molecule has 1 aliphatic heterocycles. The topological polar surface area (TPSA) is 70.8 Å². The van der Waals surface area contributed by atoms with Gasteiger partial charge in [0.05, 0.1) is 4.92 Å². The second-order valence-electron chi connectivity index (χ2n) is 6.12. The monoisotopic (exact) mass is 478 g/mol. The van der Waals surface area contributed by atoms with Crippen molar-refractivity contribution in [3.05, 3.63) is 81.9 Å². The lowest BCUT2D eigenvalue weighted by molar-refractivity contribution is -0.384. The molecule has 2 aromatic rings. The molecule has 0 saturated heterocycles. The Hall–Kier alpha value is -2.42. The number of non-ortho nitro benzene ring substituents is 1. The fourth-order valence-corrected chi connectivity index (χ4v) is 3.07. The first-order valence-electron chi connectivity index (χ1n) is 8.61. The average Bonchev–Trinajstić information content (AvgIpc) is 2.70. The van der Waals surface area contributed by atoms with Crippen LogP contribution in [0.15, 0.2) is 65.7 Å². The van der Waals surface area contributed by atoms with Gasteiger partial charge in [-0.1, -0.05) is 48.5 Å². The van der Waals surface area contributed by atoms with Crippen molar-refractivity contribution < 1.29 is 4.92 Å². The van der Waals surface area contributed by atoms with E-state index in [0.717, 1.165) is 31.0 Å². The molecule has 2 aromatic carbocycles. The number of guanidine groups is 1. The number of nitro groups is 1. The van der Waals surface area contributed by atoms with Crippen LogP contribution in [0.3, 0.4) is 0 Å². The Morgan fingerprint density at radius 2 is 2.00 bits per heavy atom. The van der Waals surface area contributed by atoms with E-state index in [1.165, 1.54) is 17.2 Å². The maximum Gasteiger partial charge on any atom is 0.269 e. The quantitative estimate of drug-likeness (QED) is 0.237. The largest absolute Gasteiger partial charge is 0.352 e. The number of halogens is 1. The predicted octanol–water partition coefficient (Wildman–Crippen LogP) is 4.08. The van der Waals surface area contributed by atoms with E-state index >= 15 is 0 Å². The summed E-state index contributed by atoms with van der Waals surface area (Å²) in [5, 5.41) is 14.2. The summed E-state index contributed by atoms with van der Waals surface area (Å²) < 4.78 is 0. The van der Waals surface area contributed by atoms with Crippen LogP contribution in [-0.2, 0) is 6.54 Å². The van der Waals surface area contributed by atoms with Gasteiger partial charge in [-0.3, -0.25) is 15.1 Å². The lowest BCUT2D eigenvalue weighted by atomic mass is 10.00. The highest BCUT2D eigenvalue weighted by Crippen LogP contribution is 2.22. The Morgan fingerprint density at radius 3 is 2.63 bits per heavy atom. The minimum Gasteiger partial charge on any atom is -0.352 e. The molecule has 27 heavy (non-hydrogen) atoms. The molecule has 0 amide bonds. The third-order valence-corrected chi connectivity index (χ3v) is 4.44. The van der Waals surface area contributed by atoms with E-state index in [9.17, 15) is 10.1 Å². The summed E-state index contributed by atoms with van der Waals surface area (Å²) >= 11 is 0. The Labute approximate surface area is 176 Å². The molecule has 1 heterocycles. The van der Waals surface area contributed by atoms with Gasteiger partial charge in [0, 0.05) is 38.8 Å². The Bertz CT molecular complexity index is 837. The van der Waals surface area contributed by atoms with Crippen molar-refractivity contribution in [2.75, 3.05) is 20.1 Å². The molecular weight excluding hydrogens is 455 g/mol. The summed E-state index contributed by atoms with van der Waals surface area (Å²) in [6, 6.07) is 17.1. The van der Waals surface area contributed by atoms with Crippen LogP contribution in [0.25, 0.3) is 5.57 Å². The summed E-state index contributed by atoms with van der Waals surface area (Å²) in [6.45, 7) is 2.17. The molecule has 0 unspecified atom stereocenters. The normalized spacial score (nSPS) is 14.2. The highest BCUT2D eigenvalue weighted by molar-refractivity contribution is 14.0. The Balaban J connectivity index is 0.00000261. The van der Waals surface area contributed by atoms with Crippen molar-refractivity contribution in [2.45, 2.75) is 13.0 Å². The summed E-state index contributed by atoms with van der Waals surface area (Å²) in [4.78, 5) is 17.0. The van der Waals surface area contributed by atoms with Gasteiger partial charge in [0.1, 0.15) is 0 Å². The van der Waals surface area contributed by atoms with Gasteiger partial charge in [0.25, 0.3) is 5.69 Å². The van der Waals surface area contributed by atoms with E-state index in [1.807, 2.05) is 12.1 Å². The van der Waals surface area contributed by atoms with Gasteiger partial charge >= 0.3 is 0 Å². The fourth-order valence-electron chi connectivity index (χ4n) is 3.07. The number of nitrogens with zero attached hydrogens (tertiary/aromatic N) is 3. The number of hydrogen-bond acceptors (Lipinski definition) is 3. The smallest absolute Gasteiger partial charge is 0.269 e. The summed E-state index contributed by atoms with van der Waals surface area (Å²) in [6.07, 6.45) is 3.20. The van der Waals surface area contributed by atoms with Gasteiger partial charge in [0.15, 0.2) is 5.96 Å². The van der Waals surface area contributed by atoms with E-state index in [0.29, 0.717) is 6.54 Å². The summed E-state index contributed by atoms with van der Waals surface area (Å²) in [5.74, 6) is 0.805. The number of benzene rings is 2. The van der Waals surface area contributed by atoms with Crippen LogP contribution < -0.4 is 5.32 Å². The van der Waals surface area contributed by atoms with Gasteiger partial charge in [-0.25, -0.2) is 0 Å². The van der Waals surface area contributed by atoms with Gasteiger partial charge in [0.2, 0.25) is 0 Å². The molecule has 0 radical (unpaired) electrons. The number of aliphatic imine (C=N–C) groups is 1. The molecule has 0 bridgehead atoms. The molecule has 142 valence electrons. The highest BCUT2D eigenvalue weighted by Gasteiger charge is 2.16. The van der Waals surface area contributed by atoms with Gasteiger partial charge < -0.3 is 10.2 Å². The van der Waals surface area contributed by atoms with Crippen LogP contribution in [0, 0.1) is 10.1 Å². The van der Waals surface area contributed by atoms with Crippen molar-refractivity contribution in [1.29, 1.82) is 0 Å². The van der Waals surface area contributed by atoms with Gasteiger partial charge in [-0.15, -0.1) is 24.0 Å². The number of hydrogen-bond donors (Lipinski definition) is 1. The fraction of sp³-hybridized carbons (Fsp3) is 0.250. The van der Waals surface area contributed by atoms with Crippen molar-refractivity contribution in [3.8, 4) is 0 Å². The molecule has 7 heteroatoms. The molecule has 0 spiro atoms. The van der Waals surface area contributed by atoms with E-state index in [4.69, 9.17) is 0 Å². The minimum absolute atomic E-state index is 0. The van der Waals surface area contributed by atoms with Gasteiger partial charge in [-0.05, 0) is 23.1 Å². The van der Waals surface area contributed by atoms with Crippen LogP contribution in [0.1, 0.15) is 17.5 Å². The van der Waals surface area contributed by atoms with E-state index in [2.05, 4.69) is 45.6 Å². The van der Waals surface area contributed by atoms with Crippen LogP contribution in [0.2, 0.25) is 0 Å². The van der Waals surface area contributed by atoms with Crippen LogP contribution in [0.5, 0.6) is 0 Å². The first kappa shape index (κ1) is 20.9. The molecule has 0 atom stereocenters. The second-order valence-corrected chi connectivity index (χ2v) is 6.12. The first-order chi connectivity index (χ1) is 12.7. The molecule has 1 aliphatic rings. The van der Waals surface area contributed by atoms with E-state index in [1.54, 1.807) is 19.2 Å². The lowest BCUT2D eigenvalue weighted by Gasteiger charge is -2.29. The molecule has 0 fully saturated rings. The minimum atomic E-state index is -0.376. The van der Waals surface area contributed by atoms with Crippen LogP contribution >= 0.6 is 24.0 Å². The molecule has 0 aliphatic carbocycles. The van der Waals surface area contributed by atoms with Crippen LogP contribution in [-0.4, -0.2) is 35.9 Å². The number of nitrogens with one attached hydrogen (secondary N) is 1. The van der Waals surface area contributed by atoms with Crippen molar-refractivity contribution >= 4 is 41.2 Å². The first-order valence-corrected chi connectivity index (χ1v) is 8.61. The number of nitro benzene ring substituents is 1. The maximum atomic E-state index is 10.9. The van der Waals surface area contributed by atoms with E-state index < -0.39 is 0 Å². The molecular formula is C20H23IN4O2. The molecule has 0 aromatic heterocycles. The highest BCUT2D eigenvalue weighted by atomic mass is 127. The van der Waals surface area contributed by atoms with Crippen molar-refractivity contribution in [3.63, 3.8) is 0 Å². The van der Waals surface area contributed by atoms with Crippen molar-refractivity contribution in [1.82, 2.24) is 10.2 Å². The zero-order valence-corrected chi connectivity index (χ0v) is 17.5. The molecule has 6 nitrogen and oxygen atoms in total. The SMILES string of the molecule is CN=C(NCc1cccc([N+](=O)[O-])c1)N1CC=C(c2ccccc2)CC1.I. The standard InChI is InChI=1S/C20H22N4O2.HI/c1-21-20(22-15-16-6-5-9-19(14-16)24(25)26)23-12-10-18(11-13-23)17-7-3-2-4-8-17;/h2-10,14H,11-13,15H2,1H3,(H,21,22);1H. The Kier molecular flexibility index (Phi) is 7.78. The molecule has 1 N–H and O–H groups in total. The average molecular weight is 478 g/mol. The zero-order chi connectivity index (χ0) is 18.4. The third kappa shape index (κ3) is 5.53. The zero-order valence-electron chi connectivity index (χ0n) is 15.2.